The summed E-state index contributed by atoms with van der Waals surface area (Å²) >= 11 is 0. The Balaban J connectivity index is 1.31. The fourth-order valence-corrected chi connectivity index (χ4v) is 5.50. The van der Waals surface area contributed by atoms with Crippen LogP contribution in [0.15, 0.2) is 0 Å². The van der Waals surface area contributed by atoms with E-state index in [0.29, 0.717) is 45.1 Å². The van der Waals surface area contributed by atoms with Gasteiger partial charge in [-0.25, -0.2) is 9.59 Å². The third-order valence-electron chi connectivity index (χ3n) is 7.03. The molecule has 1 saturated carbocycles. The van der Waals surface area contributed by atoms with Crippen LogP contribution in [0.1, 0.15) is 38.5 Å². The number of hydrogen-bond acceptors (Lipinski definition) is 5. The number of carbonyl (C=O) groups excluding carboxylic acids is 2. The van der Waals surface area contributed by atoms with E-state index in [9.17, 15) is 22.8 Å². The number of methoxy groups -OCH3 is 1. The number of carbonyl (C=O) groups is 2. The van der Waals surface area contributed by atoms with Gasteiger partial charge in [0.2, 0.25) is 0 Å². The largest absolute Gasteiger partial charge is 0.453 e. The maximum Gasteiger partial charge on any atom is 0.409 e. The Labute approximate surface area is 161 Å². The summed E-state index contributed by atoms with van der Waals surface area (Å²) in [5.74, 6) is 0. The molecule has 0 aromatic carbocycles. The molecule has 1 unspecified atom stereocenters. The van der Waals surface area contributed by atoms with Crippen LogP contribution >= 0.6 is 0 Å². The second-order valence-corrected chi connectivity index (χ2v) is 8.71. The number of rotatable bonds is 2. The van der Waals surface area contributed by atoms with Crippen molar-refractivity contribution in [3.05, 3.63) is 0 Å². The van der Waals surface area contributed by atoms with E-state index in [1.54, 1.807) is 4.90 Å². The molecule has 4 rings (SSSR count). The first kappa shape index (κ1) is 19.6. The summed E-state index contributed by atoms with van der Waals surface area (Å²) in [6.45, 7) is 2.65. The van der Waals surface area contributed by atoms with Crippen molar-refractivity contribution in [1.82, 2.24) is 15.1 Å². The summed E-state index contributed by atoms with van der Waals surface area (Å²) in [6, 6.07) is -0.639. The minimum absolute atomic E-state index is 0.147. The van der Waals surface area contributed by atoms with Gasteiger partial charge in [-0.2, -0.15) is 13.2 Å². The Hall–Kier alpha value is -1.71. The van der Waals surface area contributed by atoms with E-state index >= 15 is 0 Å². The van der Waals surface area contributed by atoms with E-state index in [-0.39, 0.29) is 11.5 Å². The molecule has 2 spiro atoms. The van der Waals surface area contributed by atoms with Crippen LogP contribution in [-0.4, -0.2) is 79.1 Å². The fraction of sp³-hybridized carbons (Fsp3) is 0.889. The summed E-state index contributed by atoms with van der Waals surface area (Å²) in [4.78, 5) is 27.4. The topological polar surface area (TPSA) is 71.1 Å². The SMILES string of the molecule is COC(=O)N1CCC2(CC(N3CCC4(CC3)OC(=O)NC4CC(F)(F)F)C2)C1. The summed E-state index contributed by atoms with van der Waals surface area (Å²) in [7, 11) is 1.39. The molecule has 158 valence electrons. The third kappa shape index (κ3) is 3.51. The van der Waals surface area contributed by atoms with Gasteiger partial charge < -0.3 is 24.6 Å². The average Bonchev–Trinajstić information content (AvgIpc) is 3.15. The maximum atomic E-state index is 12.9. The van der Waals surface area contributed by atoms with Crippen molar-refractivity contribution in [3.63, 3.8) is 0 Å². The number of piperidine rings is 1. The number of nitrogens with zero attached hydrogens (tertiary/aromatic N) is 2. The predicted molar refractivity (Wildman–Crippen MR) is 91.7 cm³/mol. The molecule has 7 nitrogen and oxygen atoms in total. The van der Waals surface area contributed by atoms with Gasteiger partial charge in [-0.3, -0.25) is 0 Å². The van der Waals surface area contributed by atoms with Crippen LogP contribution in [-0.2, 0) is 9.47 Å². The summed E-state index contributed by atoms with van der Waals surface area (Å²) in [5, 5.41) is 2.35. The highest BCUT2D eigenvalue weighted by molar-refractivity contribution is 5.71. The van der Waals surface area contributed by atoms with Crippen LogP contribution < -0.4 is 5.32 Å². The lowest BCUT2D eigenvalue weighted by molar-refractivity contribution is -0.152. The second-order valence-electron chi connectivity index (χ2n) is 8.71. The van der Waals surface area contributed by atoms with Crippen molar-refractivity contribution >= 4 is 12.2 Å². The van der Waals surface area contributed by atoms with Gasteiger partial charge in [0, 0.05) is 45.1 Å². The molecule has 0 radical (unpaired) electrons. The molecule has 0 bridgehead atoms. The molecule has 0 aromatic rings. The third-order valence-corrected chi connectivity index (χ3v) is 7.03. The van der Waals surface area contributed by atoms with Gasteiger partial charge in [-0.1, -0.05) is 0 Å². The fourth-order valence-electron chi connectivity index (χ4n) is 5.50. The van der Waals surface area contributed by atoms with Crippen LogP contribution in [0.3, 0.4) is 0 Å². The van der Waals surface area contributed by atoms with Crippen LogP contribution in [0.4, 0.5) is 22.8 Å². The highest BCUT2D eigenvalue weighted by atomic mass is 19.4. The maximum absolute atomic E-state index is 12.9. The van der Waals surface area contributed by atoms with Crippen LogP contribution in [0, 0.1) is 5.41 Å². The predicted octanol–water partition coefficient (Wildman–Crippen LogP) is 2.50. The highest BCUT2D eigenvalue weighted by Crippen LogP contribution is 2.51. The molecule has 4 aliphatic rings. The zero-order chi connectivity index (χ0) is 20.2. The lowest BCUT2D eigenvalue weighted by Gasteiger charge is -2.52. The first-order chi connectivity index (χ1) is 13.1. The van der Waals surface area contributed by atoms with E-state index in [2.05, 4.69) is 10.2 Å². The number of amides is 2. The molecular formula is C18H26F3N3O4. The summed E-state index contributed by atoms with van der Waals surface area (Å²) < 4.78 is 48.7. The number of likely N-dealkylation sites (tertiary alicyclic amines) is 2. The molecular weight excluding hydrogens is 379 g/mol. The molecule has 4 fully saturated rings. The molecule has 1 atom stereocenters. The second kappa shape index (κ2) is 6.67. The Kier molecular flexibility index (Phi) is 4.67. The van der Waals surface area contributed by atoms with E-state index in [1.165, 1.54) is 7.11 Å². The van der Waals surface area contributed by atoms with Crippen molar-refractivity contribution in [2.24, 2.45) is 5.41 Å². The van der Waals surface area contributed by atoms with Crippen LogP contribution in [0.5, 0.6) is 0 Å². The molecule has 3 saturated heterocycles. The Morgan fingerprint density at radius 2 is 1.93 bits per heavy atom. The van der Waals surface area contributed by atoms with Gasteiger partial charge in [0.05, 0.1) is 19.6 Å². The first-order valence-corrected chi connectivity index (χ1v) is 9.77. The number of nitrogens with one attached hydrogen (secondary N) is 1. The molecule has 1 N–H and O–H groups in total. The van der Waals surface area contributed by atoms with Crippen molar-refractivity contribution in [3.8, 4) is 0 Å². The van der Waals surface area contributed by atoms with Crippen molar-refractivity contribution in [2.75, 3.05) is 33.3 Å². The average molecular weight is 405 g/mol. The zero-order valence-corrected chi connectivity index (χ0v) is 15.9. The number of alkyl halides is 3. The van der Waals surface area contributed by atoms with Gasteiger partial charge in [-0.15, -0.1) is 0 Å². The van der Waals surface area contributed by atoms with Gasteiger partial charge in [-0.05, 0) is 24.7 Å². The minimum atomic E-state index is -4.34. The Morgan fingerprint density at radius 3 is 2.54 bits per heavy atom. The standard InChI is InChI=1S/C18H26F3N3O4/c1-27-15(26)24-5-2-16(11-24)8-12(9-16)23-6-3-17(4-7-23)13(10-18(19,20)21)22-14(25)28-17/h12-13H,2-11H2,1H3,(H,22,25). The molecule has 10 heteroatoms. The normalized spacial score (nSPS) is 35.0. The number of hydrogen-bond donors (Lipinski definition) is 1. The molecule has 2 amide bonds. The Bertz CT molecular complexity index is 642. The molecule has 0 aromatic heterocycles. The van der Waals surface area contributed by atoms with Gasteiger partial charge in [0.15, 0.2) is 0 Å². The summed E-state index contributed by atoms with van der Waals surface area (Å²) in [6.07, 6.45) is -2.70. The smallest absolute Gasteiger partial charge is 0.409 e. The quantitative estimate of drug-likeness (QED) is 0.765. The molecule has 3 heterocycles. The lowest BCUT2D eigenvalue weighted by Crippen LogP contribution is -2.59. The minimum Gasteiger partial charge on any atom is -0.453 e. The number of alkyl carbamates (subject to hydrolysis) is 1. The van der Waals surface area contributed by atoms with E-state index in [0.717, 1.165) is 19.3 Å². The Morgan fingerprint density at radius 1 is 1.25 bits per heavy atom. The molecule has 3 aliphatic heterocycles. The highest BCUT2D eigenvalue weighted by Gasteiger charge is 2.56. The van der Waals surface area contributed by atoms with Crippen LogP contribution in [0.25, 0.3) is 0 Å². The van der Waals surface area contributed by atoms with E-state index < -0.39 is 30.3 Å². The van der Waals surface area contributed by atoms with E-state index in [1.807, 2.05) is 0 Å². The van der Waals surface area contributed by atoms with Gasteiger partial charge >= 0.3 is 18.4 Å². The van der Waals surface area contributed by atoms with E-state index in [4.69, 9.17) is 9.47 Å². The van der Waals surface area contributed by atoms with Crippen molar-refractivity contribution in [2.45, 2.75) is 62.4 Å². The first-order valence-electron chi connectivity index (χ1n) is 9.77. The molecule has 28 heavy (non-hydrogen) atoms. The number of ether oxygens (including phenoxy) is 2. The van der Waals surface area contributed by atoms with Crippen molar-refractivity contribution in [1.29, 1.82) is 0 Å². The van der Waals surface area contributed by atoms with Gasteiger partial charge in [0.1, 0.15) is 5.60 Å². The summed E-state index contributed by atoms with van der Waals surface area (Å²) in [5.41, 5.74) is -0.909. The van der Waals surface area contributed by atoms with Gasteiger partial charge in [0.25, 0.3) is 0 Å². The van der Waals surface area contributed by atoms with Crippen molar-refractivity contribution < 1.29 is 32.2 Å². The monoisotopic (exact) mass is 405 g/mol. The zero-order valence-electron chi connectivity index (χ0n) is 15.9. The lowest BCUT2D eigenvalue weighted by atomic mass is 9.64. The number of halogens is 3. The molecule has 1 aliphatic carbocycles. The van der Waals surface area contributed by atoms with Crippen LogP contribution in [0.2, 0.25) is 0 Å².